The van der Waals surface area contributed by atoms with Gasteiger partial charge in [-0.15, -0.1) is 0 Å². The predicted octanol–water partition coefficient (Wildman–Crippen LogP) is 5.24. The molecule has 0 saturated carbocycles. The molecule has 1 aromatic heterocycles. The third-order valence-corrected chi connectivity index (χ3v) is 4.98. The average Bonchev–Trinajstić information content (AvgIpc) is 3.29. The first-order valence-corrected chi connectivity index (χ1v) is 9.22. The second-order valence-corrected chi connectivity index (χ2v) is 6.86. The SMILES string of the molecule is CCCC(=O)N1CCCC1c1nc2cc(-c3ccc(F)c(F)c3)ccc2o1. The molecule has 6 heteroatoms. The van der Waals surface area contributed by atoms with Crippen LogP contribution >= 0.6 is 0 Å². The molecule has 1 fully saturated rings. The maximum Gasteiger partial charge on any atom is 0.223 e. The fraction of sp³-hybridized carbons (Fsp3) is 0.333. The van der Waals surface area contributed by atoms with E-state index in [9.17, 15) is 13.6 Å². The third-order valence-electron chi connectivity index (χ3n) is 4.98. The Bertz CT molecular complexity index is 999. The van der Waals surface area contributed by atoms with E-state index in [1.165, 1.54) is 12.1 Å². The molecule has 2 heterocycles. The monoisotopic (exact) mass is 370 g/mol. The largest absolute Gasteiger partial charge is 0.438 e. The number of oxazole rings is 1. The summed E-state index contributed by atoms with van der Waals surface area (Å²) in [7, 11) is 0. The van der Waals surface area contributed by atoms with E-state index in [-0.39, 0.29) is 11.9 Å². The third kappa shape index (κ3) is 3.31. The summed E-state index contributed by atoms with van der Waals surface area (Å²) in [6.07, 6.45) is 3.10. The molecule has 27 heavy (non-hydrogen) atoms. The van der Waals surface area contributed by atoms with E-state index in [0.29, 0.717) is 29.0 Å². The van der Waals surface area contributed by atoms with Crippen LogP contribution in [0.15, 0.2) is 40.8 Å². The van der Waals surface area contributed by atoms with Gasteiger partial charge in [0.05, 0.1) is 0 Å². The number of halogens is 2. The van der Waals surface area contributed by atoms with Crippen LogP contribution in [0, 0.1) is 11.6 Å². The van der Waals surface area contributed by atoms with Crippen molar-refractivity contribution in [3.8, 4) is 11.1 Å². The number of rotatable bonds is 4. The Hall–Kier alpha value is -2.76. The van der Waals surface area contributed by atoms with Crippen LogP contribution in [-0.2, 0) is 4.79 Å². The standard InChI is InChI=1S/C21H20F2N2O2/c1-2-4-20(26)25-10-3-5-18(25)21-24-17-12-14(7-9-19(17)27-21)13-6-8-15(22)16(23)11-13/h6-9,11-12,18H,2-5,10H2,1H3. The zero-order valence-corrected chi connectivity index (χ0v) is 15.0. The minimum Gasteiger partial charge on any atom is -0.438 e. The van der Waals surface area contributed by atoms with Crippen molar-refractivity contribution in [3.63, 3.8) is 0 Å². The van der Waals surface area contributed by atoms with Gasteiger partial charge in [0, 0.05) is 13.0 Å². The lowest BCUT2D eigenvalue weighted by atomic mass is 10.1. The maximum absolute atomic E-state index is 13.5. The van der Waals surface area contributed by atoms with Crippen molar-refractivity contribution in [1.82, 2.24) is 9.88 Å². The second-order valence-electron chi connectivity index (χ2n) is 6.86. The number of hydrogen-bond donors (Lipinski definition) is 0. The summed E-state index contributed by atoms with van der Waals surface area (Å²) in [5.41, 5.74) is 2.56. The van der Waals surface area contributed by atoms with Gasteiger partial charge in [-0.05, 0) is 54.7 Å². The van der Waals surface area contributed by atoms with Gasteiger partial charge in [0.2, 0.25) is 11.8 Å². The lowest BCUT2D eigenvalue weighted by Gasteiger charge is -2.21. The Morgan fingerprint density at radius 2 is 1.96 bits per heavy atom. The van der Waals surface area contributed by atoms with Gasteiger partial charge in [0.25, 0.3) is 0 Å². The Morgan fingerprint density at radius 3 is 2.74 bits per heavy atom. The number of amides is 1. The van der Waals surface area contributed by atoms with Crippen molar-refractivity contribution < 1.29 is 18.0 Å². The minimum atomic E-state index is -0.885. The lowest BCUT2D eigenvalue weighted by Crippen LogP contribution is -2.30. The van der Waals surface area contributed by atoms with Crippen LogP contribution in [0.1, 0.15) is 44.5 Å². The van der Waals surface area contributed by atoms with Crippen molar-refractivity contribution in [2.45, 2.75) is 38.6 Å². The molecule has 1 unspecified atom stereocenters. The molecule has 0 spiro atoms. The van der Waals surface area contributed by atoms with Crippen LogP contribution in [0.2, 0.25) is 0 Å². The molecule has 3 aromatic rings. The summed E-state index contributed by atoms with van der Waals surface area (Å²) in [4.78, 5) is 18.8. The normalized spacial score (nSPS) is 17.0. The highest BCUT2D eigenvalue weighted by Crippen LogP contribution is 2.35. The first-order valence-electron chi connectivity index (χ1n) is 9.22. The zero-order valence-electron chi connectivity index (χ0n) is 15.0. The molecular formula is C21H20F2N2O2. The average molecular weight is 370 g/mol. The smallest absolute Gasteiger partial charge is 0.223 e. The second kappa shape index (κ2) is 7.10. The molecule has 2 aromatic carbocycles. The van der Waals surface area contributed by atoms with E-state index in [4.69, 9.17) is 4.42 Å². The Morgan fingerprint density at radius 1 is 1.19 bits per heavy atom. The fourth-order valence-electron chi connectivity index (χ4n) is 3.62. The number of carbonyl (C=O) groups is 1. The summed E-state index contributed by atoms with van der Waals surface area (Å²) in [6, 6.07) is 9.03. The number of hydrogen-bond acceptors (Lipinski definition) is 3. The number of likely N-dealkylation sites (tertiary alicyclic amines) is 1. The number of nitrogens with zero attached hydrogens (tertiary/aromatic N) is 2. The van der Waals surface area contributed by atoms with Crippen molar-refractivity contribution in [3.05, 3.63) is 53.9 Å². The maximum atomic E-state index is 13.5. The van der Waals surface area contributed by atoms with E-state index in [0.717, 1.165) is 37.4 Å². The van der Waals surface area contributed by atoms with E-state index >= 15 is 0 Å². The van der Waals surface area contributed by atoms with Gasteiger partial charge in [-0.3, -0.25) is 4.79 Å². The quantitative estimate of drug-likeness (QED) is 0.631. The first-order chi connectivity index (χ1) is 13.1. The minimum absolute atomic E-state index is 0.129. The van der Waals surface area contributed by atoms with Crippen LogP contribution in [0.25, 0.3) is 22.2 Å². The molecule has 0 N–H and O–H groups in total. The van der Waals surface area contributed by atoms with Crippen LogP contribution in [0.4, 0.5) is 8.78 Å². The summed E-state index contributed by atoms with van der Waals surface area (Å²) < 4.78 is 32.6. The van der Waals surface area contributed by atoms with Gasteiger partial charge in [-0.2, -0.15) is 0 Å². The van der Waals surface area contributed by atoms with Gasteiger partial charge in [0.1, 0.15) is 11.6 Å². The Labute approximate surface area is 155 Å². The molecule has 1 aliphatic heterocycles. The molecule has 0 aliphatic carbocycles. The van der Waals surface area contributed by atoms with E-state index < -0.39 is 11.6 Å². The highest BCUT2D eigenvalue weighted by atomic mass is 19.2. The summed E-state index contributed by atoms with van der Waals surface area (Å²) >= 11 is 0. The molecule has 1 atom stereocenters. The number of benzene rings is 2. The zero-order chi connectivity index (χ0) is 19.0. The summed E-state index contributed by atoms with van der Waals surface area (Å²) in [6.45, 7) is 2.71. The fourth-order valence-corrected chi connectivity index (χ4v) is 3.62. The van der Waals surface area contributed by atoms with Gasteiger partial charge in [0.15, 0.2) is 17.2 Å². The molecule has 4 rings (SSSR count). The van der Waals surface area contributed by atoms with Crippen LogP contribution in [-0.4, -0.2) is 22.3 Å². The van der Waals surface area contributed by atoms with Crippen LogP contribution in [0.3, 0.4) is 0 Å². The number of carbonyl (C=O) groups excluding carboxylic acids is 1. The van der Waals surface area contributed by atoms with Crippen molar-refractivity contribution >= 4 is 17.0 Å². The molecule has 1 amide bonds. The van der Waals surface area contributed by atoms with Crippen molar-refractivity contribution in [2.75, 3.05) is 6.54 Å². The molecular weight excluding hydrogens is 350 g/mol. The van der Waals surface area contributed by atoms with Gasteiger partial charge in [-0.25, -0.2) is 13.8 Å². The number of aromatic nitrogens is 1. The van der Waals surface area contributed by atoms with E-state index in [2.05, 4.69) is 4.98 Å². The van der Waals surface area contributed by atoms with Crippen LogP contribution in [0.5, 0.6) is 0 Å². The molecule has 0 bridgehead atoms. The highest BCUT2D eigenvalue weighted by Gasteiger charge is 2.33. The Balaban J connectivity index is 1.66. The molecule has 1 saturated heterocycles. The molecule has 4 nitrogen and oxygen atoms in total. The first kappa shape index (κ1) is 17.6. The lowest BCUT2D eigenvalue weighted by molar-refractivity contribution is -0.132. The van der Waals surface area contributed by atoms with Crippen LogP contribution < -0.4 is 0 Å². The molecule has 1 aliphatic rings. The van der Waals surface area contributed by atoms with Gasteiger partial charge < -0.3 is 9.32 Å². The van der Waals surface area contributed by atoms with Gasteiger partial charge >= 0.3 is 0 Å². The topological polar surface area (TPSA) is 46.3 Å². The molecule has 0 radical (unpaired) electrons. The van der Waals surface area contributed by atoms with Crippen molar-refractivity contribution in [2.24, 2.45) is 0 Å². The Kier molecular flexibility index (Phi) is 4.64. The van der Waals surface area contributed by atoms with E-state index in [1.54, 1.807) is 18.2 Å². The number of fused-ring (bicyclic) bond motifs is 1. The van der Waals surface area contributed by atoms with E-state index in [1.807, 2.05) is 11.8 Å². The highest BCUT2D eigenvalue weighted by molar-refractivity contribution is 5.81. The summed E-state index contributed by atoms with van der Waals surface area (Å²) in [5, 5.41) is 0. The predicted molar refractivity (Wildman–Crippen MR) is 98.0 cm³/mol. The van der Waals surface area contributed by atoms with Crippen molar-refractivity contribution in [1.29, 1.82) is 0 Å². The molecule has 140 valence electrons. The summed E-state index contributed by atoms with van der Waals surface area (Å²) in [5.74, 6) is -1.09. The van der Waals surface area contributed by atoms with Gasteiger partial charge in [-0.1, -0.05) is 19.1 Å².